The van der Waals surface area contributed by atoms with Crippen molar-refractivity contribution in [3.05, 3.63) is 29.3 Å². The Morgan fingerprint density at radius 1 is 1.33 bits per heavy atom. The van der Waals surface area contributed by atoms with E-state index in [1.54, 1.807) is 5.06 Å². The summed E-state index contributed by atoms with van der Waals surface area (Å²) in [5.74, 6) is 0.864. The SMILES string of the molecule is O=C1CN2Cc3ccc(c1c3)O2. The molecule has 0 saturated carbocycles. The van der Waals surface area contributed by atoms with Crippen LogP contribution >= 0.6 is 0 Å². The molecule has 0 aliphatic carbocycles. The number of ketones is 1. The highest BCUT2D eigenvalue weighted by molar-refractivity contribution is 6.01. The molecule has 5 rings (SSSR count). The van der Waals surface area contributed by atoms with Crippen LogP contribution in [0.1, 0.15) is 15.9 Å². The Morgan fingerprint density at radius 3 is 3.17 bits per heavy atom. The van der Waals surface area contributed by atoms with Crippen LogP contribution in [0.25, 0.3) is 0 Å². The Labute approximate surface area is 69.5 Å². The Kier molecular flexibility index (Phi) is 0.966. The molecule has 0 amide bonds. The summed E-state index contributed by atoms with van der Waals surface area (Å²) < 4.78 is 0. The van der Waals surface area contributed by atoms with Crippen molar-refractivity contribution >= 4 is 5.78 Å². The van der Waals surface area contributed by atoms with Crippen molar-refractivity contribution in [3.63, 3.8) is 0 Å². The zero-order chi connectivity index (χ0) is 8.13. The van der Waals surface area contributed by atoms with E-state index >= 15 is 0 Å². The molecule has 3 nitrogen and oxygen atoms in total. The highest BCUT2D eigenvalue weighted by Crippen LogP contribution is 2.30. The lowest BCUT2D eigenvalue weighted by Crippen LogP contribution is -2.34. The van der Waals surface area contributed by atoms with Gasteiger partial charge in [-0.25, -0.2) is 0 Å². The maximum atomic E-state index is 11.4. The monoisotopic (exact) mass is 161 g/mol. The average Bonchev–Trinajstić information content (AvgIpc) is 2.37. The van der Waals surface area contributed by atoms with Crippen molar-refractivity contribution in [2.75, 3.05) is 6.54 Å². The number of carbonyl (C=O) groups excluding carboxylic acids is 1. The van der Waals surface area contributed by atoms with Crippen LogP contribution in [0.3, 0.4) is 0 Å². The minimum absolute atomic E-state index is 0.163. The Balaban J connectivity index is 2.34. The fraction of sp³-hybridized carbons (Fsp3) is 0.222. The first-order chi connectivity index (χ1) is 5.83. The molecule has 4 aliphatic rings. The number of fused-ring (bicyclic) bond motifs is 2. The molecule has 4 bridgehead atoms. The third kappa shape index (κ3) is 0.662. The molecule has 0 saturated heterocycles. The Bertz CT molecular complexity index is 373. The molecule has 1 unspecified atom stereocenters. The van der Waals surface area contributed by atoms with Gasteiger partial charge in [0.1, 0.15) is 0 Å². The quantitative estimate of drug-likeness (QED) is 0.568. The van der Waals surface area contributed by atoms with Gasteiger partial charge in [0.2, 0.25) is 0 Å². The lowest BCUT2D eigenvalue weighted by molar-refractivity contribution is -0.0621. The Morgan fingerprint density at radius 2 is 2.25 bits per heavy atom. The summed E-state index contributed by atoms with van der Waals surface area (Å²) >= 11 is 0. The number of benzene rings is 1. The highest BCUT2D eigenvalue weighted by atomic mass is 16.7. The molecule has 0 spiro atoms. The second-order valence-electron chi connectivity index (χ2n) is 3.14. The largest absolute Gasteiger partial charge is 0.404 e. The molecule has 3 heteroatoms. The summed E-state index contributed by atoms with van der Waals surface area (Å²) in [5, 5.41) is 1.69. The van der Waals surface area contributed by atoms with Crippen molar-refractivity contribution in [1.82, 2.24) is 5.06 Å². The normalized spacial score (nSPS) is 24.0. The molecule has 0 N–H and O–H groups in total. The molecule has 1 aromatic carbocycles. The number of carbonyl (C=O) groups is 1. The number of hydroxylamine groups is 2. The lowest BCUT2D eigenvalue weighted by atomic mass is 10.1. The van der Waals surface area contributed by atoms with Crippen LogP contribution in [-0.4, -0.2) is 17.4 Å². The summed E-state index contributed by atoms with van der Waals surface area (Å²) in [7, 11) is 0. The number of hydrogen-bond acceptors (Lipinski definition) is 3. The van der Waals surface area contributed by atoms with E-state index in [1.807, 2.05) is 18.2 Å². The summed E-state index contributed by atoms with van der Waals surface area (Å²) in [4.78, 5) is 16.8. The van der Waals surface area contributed by atoms with Crippen LogP contribution in [0.15, 0.2) is 18.2 Å². The first kappa shape index (κ1) is 6.20. The number of hydrogen-bond donors (Lipinski definition) is 0. The summed E-state index contributed by atoms with van der Waals surface area (Å²) in [6, 6.07) is 5.78. The molecule has 1 aromatic rings. The minimum Gasteiger partial charge on any atom is -0.404 e. The van der Waals surface area contributed by atoms with Gasteiger partial charge in [-0.2, -0.15) is 0 Å². The van der Waals surface area contributed by atoms with Gasteiger partial charge in [-0.3, -0.25) is 4.79 Å². The molecular weight excluding hydrogens is 154 g/mol. The zero-order valence-corrected chi connectivity index (χ0v) is 6.41. The number of rotatable bonds is 0. The number of Topliss-reactive ketones (excluding diaryl/α,β-unsaturated/α-hetero) is 1. The fourth-order valence-corrected chi connectivity index (χ4v) is 1.68. The molecule has 12 heavy (non-hydrogen) atoms. The van der Waals surface area contributed by atoms with Crippen LogP contribution < -0.4 is 4.84 Å². The zero-order valence-electron chi connectivity index (χ0n) is 6.41. The highest BCUT2D eigenvalue weighted by Gasteiger charge is 2.28. The first-order valence-electron chi connectivity index (χ1n) is 3.92. The van der Waals surface area contributed by atoms with E-state index in [0.29, 0.717) is 12.3 Å². The van der Waals surface area contributed by atoms with Crippen molar-refractivity contribution in [2.45, 2.75) is 6.54 Å². The van der Waals surface area contributed by atoms with Crippen molar-refractivity contribution in [3.8, 4) is 5.75 Å². The molecular formula is C9H7NO2. The van der Waals surface area contributed by atoms with E-state index in [2.05, 4.69) is 0 Å². The van der Waals surface area contributed by atoms with Gasteiger partial charge in [0.25, 0.3) is 0 Å². The van der Waals surface area contributed by atoms with Crippen molar-refractivity contribution in [2.24, 2.45) is 0 Å². The van der Waals surface area contributed by atoms with E-state index in [1.165, 1.54) is 0 Å². The van der Waals surface area contributed by atoms with Gasteiger partial charge < -0.3 is 4.84 Å². The van der Waals surface area contributed by atoms with Crippen LogP contribution in [0, 0.1) is 0 Å². The third-order valence-corrected chi connectivity index (χ3v) is 2.25. The molecule has 60 valence electrons. The van der Waals surface area contributed by atoms with Crippen molar-refractivity contribution < 1.29 is 9.63 Å². The average molecular weight is 161 g/mol. The summed E-state index contributed by atoms with van der Waals surface area (Å²) in [6.07, 6.45) is 0. The van der Waals surface area contributed by atoms with Crippen LogP contribution in [0.2, 0.25) is 0 Å². The summed E-state index contributed by atoms with van der Waals surface area (Å²) in [5.41, 5.74) is 1.89. The van der Waals surface area contributed by atoms with E-state index in [4.69, 9.17) is 4.84 Å². The van der Waals surface area contributed by atoms with Gasteiger partial charge >= 0.3 is 0 Å². The topological polar surface area (TPSA) is 29.5 Å². The van der Waals surface area contributed by atoms with E-state index in [-0.39, 0.29) is 5.78 Å². The van der Waals surface area contributed by atoms with Crippen LogP contribution in [0.5, 0.6) is 5.75 Å². The molecule has 1 atom stereocenters. The molecule has 4 aliphatic heterocycles. The van der Waals surface area contributed by atoms with Gasteiger partial charge in [-0.1, -0.05) is 6.07 Å². The molecule has 4 heterocycles. The first-order valence-corrected chi connectivity index (χ1v) is 3.92. The van der Waals surface area contributed by atoms with Gasteiger partial charge in [-0.15, -0.1) is 5.06 Å². The predicted octanol–water partition coefficient (Wildman–Crippen LogP) is 0.992. The second kappa shape index (κ2) is 1.87. The van der Waals surface area contributed by atoms with Crippen molar-refractivity contribution in [1.29, 1.82) is 0 Å². The number of nitrogens with zero attached hydrogens (tertiary/aromatic N) is 1. The summed E-state index contributed by atoms with van der Waals surface area (Å²) in [6.45, 7) is 1.11. The smallest absolute Gasteiger partial charge is 0.184 e. The molecule has 0 radical (unpaired) electrons. The molecule has 0 fully saturated rings. The van der Waals surface area contributed by atoms with Gasteiger partial charge in [0.15, 0.2) is 11.5 Å². The van der Waals surface area contributed by atoms with Gasteiger partial charge in [0, 0.05) is 0 Å². The maximum Gasteiger partial charge on any atom is 0.184 e. The lowest BCUT2D eigenvalue weighted by Gasteiger charge is -2.22. The predicted molar refractivity (Wildman–Crippen MR) is 41.8 cm³/mol. The van der Waals surface area contributed by atoms with E-state index < -0.39 is 0 Å². The maximum absolute atomic E-state index is 11.4. The van der Waals surface area contributed by atoms with E-state index in [0.717, 1.165) is 17.7 Å². The van der Waals surface area contributed by atoms with Gasteiger partial charge in [0.05, 0.1) is 18.7 Å². The Hall–Kier alpha value is -1.35. The minimum atomic E-state index is 0.163. The van der Waals surface area contributed by atoms with Crippen LogP contribution in [-0.2, 0) is 6.54 Å². The second-order valence-corrected chi connectivity index (χ2v) is 3.14. The standard InChI is InChI=1S/C9H7NO2/c11-8-5-10-4-6-1-2-9(12-10)7(8)3-6/h1-3H,4-5H2. The fourth-order valence-electron chi connectivity index (χ4n) is 1.68. The van der Waals surface area contributed by atoms with Gasteiger partial charge in [-0.05, 0) is 17.7 Å². The molecule has 0 aromatic heterocycles. The van der Waals surface area contributed by atoms with E-state index in [9.17, 15) is 4.79 Å². The van der Waals surface area contributed by atoms with Crippen LogP contribution in [0.4, 0.5) is 0 Å². The third-order valence-electron chi connectivity index (χ3n) is 2.25.